The van der Waals surface area contributed by atoms with Crippen molar-refractivity contribution in [2.75, 3.05) is 6.61 Å². The van der Waals surface area contributed by atoms with Gasteiger partial charge in [-0.1, -0.05) is 288 Å². The zero-order chi connectivity index (χ0) is 50.2. The highest BCUT2D eigenvalue weighted by Gasteiger charge is 2.28. The SMILES string of the molecule is CCCCCCCCCCCCC/C=C\CCCCCCCCC(O)C(=O)NC(CO)C(O)C(O)CCC/C=C/CC/C=C/CCCCCCCCCCCCCCCCCCCCCCCCC. The molecule has 69 heavy (non-hydrogen) atoms. The first kappa shape index (κ1) is 67.5. The van der Waals surface area contributed by atoms with Crippen molar-refractivity contribution in [1.82, 2.24) is 5.32 Å². The number of aliphatic hydroxyl groups is 4. The van der Waals surface area contributed by atoms with Gasteiger partial charge in [-0.15, -0.1) is 0 Å². The Morgan fingerprint density at radius 2 is 0.609 bits per heavy atom. The molecule has 4 atom stereocenters. The Morgan fingerprint density at radius 3 is 0.913 bits per heavy atom. The second-order valence-corrected chi connectivity index (χ2v) is 21.4. The van der Waals surface area contributed by atoms with E-state index in [1.54, 1.807) is 0 Å². The van der Waals surface area contributed by atoms with Crippen molar-refractivity contribution in [2.45, 2.75) is 353 Å². The van der Waals surface area contributed by atoms with Crippen molar-refractivity contribution in [3.05, 3.63) is 36.5 Å². The molecule has 0 aromatic rings. The van der Waals surface area contributed by atoms with Gasteiger partial charge in [0.25, 0.3) is 0 Å². The number of allylic oxidation sites excluding steroid dienone is 6. The van der Waals surface area contributed by atoms with Crippen molar-refractivity contribution in [1.29, 1.82) is 0 Å². The number of rotatable bonds is 57. The average molecular weight is 973 g/mol. The van der Waals surface area contributed by atoms with Crippen LogP contribution in [0, 0.1) is 0 Å². The monoisotopic (exact) mass is 972 g/mol. The Balaban J connectivity index is 3.64. The molecule has 0 aromatic heterocycles. The summed E-state index contributed by atoms with van der Waals surface area (Å²) in [6, 6.07) is -1.01. The molecule has 0 rings (SSSR count). The smallest absolute Gasteiger partial charge is 0.249 e. The van der Waals surface area contributed by atoms with Crippen LogP contribution < -0.4 is 5.32 Å². The van der Waals surface area contributed by atoms with E-state index in [-0.39, 0.29) is 0 Å². The van der Waals surface area contributed by atoms with E-state index < -0.39 is 36.9 Å². The fourth-order valence-electron chi connectivity index (χ4n) is 9.71. The lowest BCUT2D eigenvalue weighted by Crippen LogP contribution is -2.53. The highest BCUT2D eigenvalue weighted by molar-refractivity contribution is 5.80. The van der Waals surface area contributed by atoms with Gasteiger partial charge in [0.2, 0.25) is 5.91 Å². The maximum Gasteiger partial charge on any atom is 0.249 e. The number of nitrogens with one attached hydrogen (secondary N) is 1. The van der Waals surface area contributed by atoms with Crippen LogP contribution in [0.25, 0.3) is 0 Å². The average Bonchev–Trinajstić information content (AvgIpc) is 3.35. The van der Waals surface area contributed by atoms with E-state index in [1.807, 2.05) is 0 Å². The Hall–Kier alpha value is -1.47. The molecule has 4 unspecified atom stereocenters. The summed E-state index contributed by atoms with van der Waals surface area (Å²) in [5.41, 5.74) is 0. The van der Waals surface area contributed by atoms with Gasteiger partial charge in [0.1, 0.15) is 12.2 Å². The molecule has 0 aliphatic heterocycles. The lowest BCUT2D eigenvalue weighted by atomic mass is 10.00. The maximum atomic E-state index is 12.6. The summed E-state index contributed by atoms with van der Waals surface area (Å²) in [5, 5.41) is 44.0. The van der Waals surface area contributed by atoms with Gasteiger partial charge in [-0.2, -0.15) is 0 Å². The Labute approximate surface area is 430 Å². The lowest BCUT2D eigenvalue weighted by Gasteiger charge is -2.27. The highest BCUT2D eigenvalue weighted by atomic mass is 16.3. The van der Waals surface area contributed by atoms with Gasteiger partial charge >= 0.3 is 0 Å². The van der Waals surface area contributed by atoms with Crippen molar-refractivity contribution < 1.29 is 25.2 Å². The third-order valence-corrected chi connectivity index (χ3v) is 14.6. The topological polar surface area (TPSA) is 110 Å². The summed E-state index contributed by atoms with van der Waals surface area (Å²) < 4.78 is 0. The predicted molar refractivity (Wildman–Crippen MR) is 302 cm³/mol. The Morgan fingerprint density at radius 1 is 0.348 bits per heavy atom. The molecular weight excluding hydrogens is 851 g/mol. The zero-order valence-corrected chi connectivity index (χ0v) is 46.3. The van der Waals surface area contributed by atoms with Crippen molar-refractivity contribution in [3.8, 4) is 0 Å². The second kappa shape index (κ2) is 57.4. The molecule has 1 amide bonds. The first-order valence-electron chi connectivity index (χ1n) is 30.9. The summed E-state index contributed by atoms with van der Waals surface area (Å²) in [7, 11) is 0. The van der Waals surface area contributed by atoms with Crippen molar-refractivity contribution in [3.63, 3.8) is 0 Å². The number of unbranched alkanes of at least 4 members (excludes halogenated alkanes) is 42. The minimum Gasteiger partial charge on any atom is -0.394 e. The first-order valence-corrected chi connectivity index (χ1v) is 30.9. The molecule has 0 radical (unpaired) electrons. The van der Waals surface area contributed by atoms with E-state index in [9.17, 15) is 25.2 Å². The van der Waals surface area contributed by atoms with Crippen LogP contribution in [-0.4, -0.2) is 57.3 Å². The highest BCUT2D eigenvalue weighted by Crippen LogP contribution is 2.18. The van der Waals surface area contributed by atoms with Gasteiger partial charge in [-0.05, 0) is 77.0 Å². The normalized spacial score (nSPS) is 13.9. The number of carbonyl (C=O) groups excluding carboxylic acids is 1. The van der Waals surface area contributed by atoms with E-state index >= 15 is 0 Å². The summed E-state index contributed by atoms with van der Waals surface area (Å²) in [5.74, 6) is -0.599. The molecule has 0 saturated carbocycles. The molecule has 0 bridgehead atoms. The van der Waals surface area contributed by atoms with Crippen LogP contribution in [0.5, 0.6) is 0 Å². The third-order valence-electron chi connectivity index (χ3n) is 14.6. The Kier molecular flexibility index (Phi) is 56.2. The third kappa shape index (κ3) is 51.2. The van der Waals surface area contributed by atoms with E-state index in [2.05, 4.69) is 55.6 Å². The van der Waals surface area contributed by atoms with Crippen molar-refractivity contribution in [2.24, 2.45) is 0 Å². The standard InChI is InChI=1S/C63H121NO5/c1-3-5-7-9-11-13-15-17-19-21-23-25-26-27-28-29-30-31-32-33-34-35-37-38-40-42-44-46-48-50-52-54-56-60(66)62(68)59(58-65)64-63(69)61(67)57-55-53-51-49-47-45-43-41-39-36-24-22-20-18-16-14-12-10-8-6-4-2/h39-42,48,50,59-62,65-68H,3-38,43-47,49,51-58H2,1-2H3,(H,64,69)/b41-39-,42-40+,50-48+. The van der Waals surface area contributed by atoms with Gasteiger partial charge in [0.15, 0.2) is 0 Å². The molecule has 6 heteroatoms. The first-order chi connectivity index (χ1) is 34.0. The van der Waals surface area contributed by atoms with E-state index in [4.69, 9.17) is 0 Å². The molecule has 0 aliphatic rings. The minimum atomic E-state index is -1.29. The number of hydrogen-bond donors (Lipinski definition) is 5. The molecule has 0 spiro atoms. The molecule has 0 fully saturated rings. The van der Waals surface area contributed by atoms with Gasteiger partial charge < -0.3 is 25.7 Å². The largest absolute Gasteiger partial charge is 0.394 e. The summed E-state index contributed by atoms with van der Waals surface area (Å²) >= 11 is 0. The molecule has 0 heterocycles. The quantitative estimate of drug-likeness (QED) is 0.0308. The van der Waals surface area contributed by atoms with Gasteiger partial charge in [-0.25, -0.2) is 0 Å². The van der Waals surface area contributed by atoms with E-state index in [0.717, 1.165) is 51.4 Å². The van der Waals surface area contributed by atoms with E-state index in [1.165, 1.54) is 244 Å². The number of aliphatic hydroxyl groups excluding tert-OH is 4. The number of hydrogen-bond acceptors (Lipinski definition) is 5. The fraction of sp³-hybridized carbons (Fsp3) is 0.889. The van der Waals surface area contributed by atoms with Gasteiger partial charge in [-0.3, -0.25) is 4.79 Å². The molecule has 6 nitrogen and oxygen atoms in total. The van der Waals surface area contributed by atoms with Crippen LogP contribution >= 0.6 is 0 Å². The van der Waals surface area contributed by atoms with Crippen LogP contribution in [-0.2, 0) is 4.79 Å². The maximum absolute atomic E-state index is 12.6. The number of carbonyl (C=O) groups is 1. The second-order valence-electron chi connectivity index (χ2n) is 21.4. The lowest BCUT2D eigenvalue weighted by molar-refractivity contribution is -0.132. The number of amides is 1. The summed E-state index contributed by atoms with van der Waals surface area (Å²) in [6.07, 6.45) is 72.4. The Bertz CT molecular complexity index is 1090. The predicted octanol–water partition coefficient (Wildman–Crippen LogP) is 18.4. The summed E-state index contributed by atoms with van der Waals surface area (Å²) in [4.78, 5) is 12.6. The molecule has 0 aliphatic carbocycles. The summed E-state index contributed by atoms with van der Waals surface area (Å²) in [6.45, 7) is 4.08. The van der Waals surface area contributed by atoms with Gasteiger partial charge in [0, 0.05) is 0 Å². The van der Waals surface area contributed by atoms with Gasteiger partial charge in [0.05, 0.1) is 18.8 Å². The van der Waals surface area contributed by atoms with Crippen LogP contribution in [0.2, 0.25) is 0 Å². The molecule has 408 valence electrons. The van der Waals surface area contributed by atoms with Crippen LogP contribution in [0.3, 0.4) is 0 Å². The van der Waals surface area contributed by atoms with E-state index in [0.29, 0.717) is 19.3 Å². The van der Waals surface area contributed by atoms with Crippen molar-refractivity contribution >= 4 is 5.91 Å². The van der Waals surface area contributed by atoms with Crippen LogP contribution in [0.1, 0.15) is 328 Å². The fourth-order valence-corrected chi connectivity index (χ4v) is 9.71. The molecular formula is C63H121NO5. The zero-order valence-electron chi connectivity index (χ0n) is 46.3. The molecule has 0 aromatic carbocycles. The van der Waals surface area contributed by atoms with Crippen LogP contribution in [0.4, 0.5) is 0 Å². The minimum absolute atomic E-state index is 0.353. The molecule has 0 saturated heterocycles. The molecule has 5 N–H and O–H groups in total. The van der Waals surface area contributed by atoms with Crippen LogP contribution in [0.15, 0.2) is 36.5 Å².